The molecule has 0 aromatic carbocycles. The van der Waals surface area contributed by atoms with Gasteiger partial charge in [-0.1, -0.05) is 11.8 Å². The Morgan fingerprint density at radius 1 is 1.57 bits per heavy atom. The summed E-state index contributed by atoms with van der Waals surface area (Å²) in [7, 11) is 1.64. The van der Waals surface area contributed by atoms with Crippen LogP contribution in [0.2, 0.25) is 0 Å². The molecule has 1 aromatic heterocycles. The van der Waals surface area contributed by atoms with Gasteiger partial charge in [-0.3, -0.25) is 14.5 Å². The van der Waals surface area contributed by atoms with Crippen molar-refractivity contribution in [1.82, 2.24) is 19.7 Å². The molecule has 1 fully saturated rings. The fraction of sp³-hybridized carbons (Fsp3) is 0.417. The van der Waals surface area contributed by atoms with E-state index >= 15 is 0 Å². The van der Waals surface area contributed by atoms with Crippen molar-refractivity contribution in [3.05, 3.63) is 27.8 Å². The zero-order valence-corrected chi connectivity index (χ0v) is 13.6. The number of carbonyl (C=O) groups is 2. The van der Waals surface area contributed by atoms with Crippen LogP contribution in [0.1, 0.15) is 0 Å². The van der Waals surface area contributed by atoms with Gasteiger partial charge in [0.2, 0.25) is 5.91 Å². The lowest BCUT2D eigenvalue weighted by molar-refractivity contribution is -0.147. The normalized spacial score (nSPS) is 23.6. The van der Waals surface area contributed by atoms with Gasteiger partial charge >= 0.3 is 5.97 Å². The van der Waals surface area contributed by atoms with Crippen LogP contribution in [-0.2, 0) is 16.6 Å². The number of nitrogens with zero attached hydrogens (tertiary/aromatic N) is 4. The van der Waals surface area contributed by atoms with E-state index < -0.39 is 17.6 Å². The number of nitrogens with two attached hydrogens (primary N) is 1. The van der Waals surface area contributed by atoms with Crippen molar-refractivity contribution in [2.24, 2.45) is 12.8 Å². The van der Waals surface area contributed by atoms with Crippen LogP contribution in [0.3, 0.4) is 0 Å². The van der Waals surface area contributed by atoms with Gasteiger partial charge in [0.05, 0.1) is 0 Å². The van der Waals surface area contributed by atoms with Gasteiger partial charge in [0.15, 0.2) is 5.16 Å². The van der Waals surface area contributed by atoms with Crippen LogP contribution in [0.4, 0.5) is 0 Å². The Kier molecular flexibility index (Phi) is 4.17. The van der Waals surface area contributed by atoms with E-state index in [1.165, 1.54) is 33.1 Å². The first-order chi connectivity index (χ1) is 10.9. The van der Waals surface area contributed by atoms with Gasteiger partial charge in [0, 0.05) is 18.6 Å². The average molecular weight is 355 g/mol. The number of aromatic nitrogens is 3. The van der Waals surface area contributed by atoms with Crippen molar-refractivity contribution in [3.63, 3.8) is 0 Å². The molecule has 1 saturated heterocycles. The van der Waals surface area contributed by atoms with E-state index in [0.29, 0.717) is 22.2 Å². The molecule has 9 nitrogen and oxygen atoms in total. The van der Waals surface area contributed by atoms with E-state index in [-0.39, 0.29) is 17.0 Å². The summed E-state index contributed by atoms with van der Waals surface area (Å²) in [6.45, 7) is 0. The molecule has 0 unspecified atom stereocenters. The highest BCUT2D eigenvalue weighted by atomic mass is 32.2. The first kappa shape index (κ1) is 16.0. The number of fused-ring (bicyclic) bond motifs is 1. The van der Waals surface area contributed by atoms with Crippen molar-refractivity contribution in [3.8, 4) is 0 Å². The fourth-order valence-electron chi connectivity index (χ4n) is 2.35. The average Bonchev–Trinajstić information content (AvgIpc) is 2.53. The summed E-state index contributed by atoms with van der Waals surface area (Å²) in [6.07, 6.45) is 1.10. The van der Waals surface area contributed by atoms with Crippen LogP contribution in [-0.4, -0.2) is 59.6 Å². The molecule has 1 aromatic rings. The van der Waals surface area contributed by atoms with Crippen LogP contribution in [0, 0.1) is 0 Å². The number of aliphatic carboxylic acids is 1. The Morgan fingerprint density at radius 3 is 3.00 bits per heavy atom. The molecule has 11 heteroatoms. The third-order valence-corrected chi connectivity index (χ3v) is 5.96. The standard InChI is InChI=1S/C12H13N5O4S2/c1-16-12(15-6(18)2-14-16)23-4-5-3-22-10-7(13)9(19)17(10)8(5)11(20)21/h2,7,10H,3-4,13H2,1H3,(H,20,21)/t7-,10-/m1/s1. The van der Waals surface area contributed by atoms with Crippen molar-refractivity contribution in [2.75, 3.05) is 11.5 Å². The maximum Gasteiger partial charge on any atom is 0.352 e. The molecule has 0 bridgehead atoms. The smallest absolute Gasteiger partial charge is 0.352 e. The van der Waals surface area contributed by atoms with Gasteiger partial charge in [-0.15, -0.1) is 11.8 Å². The summed E-state index contributed by atoms with van der Waals surface area (Å²) in [5.41, 5.74) is 5.83. The van der Waals surface area contributed by atoms with Gasteiger partial charge in [-0.05, 0) is 5.57 Å². The van der Waals surface area contributed by atoms with E-state index in [4.69, 9.17) is 5.73 Å². The number of carbonyl (C=O) groups excluding carboxylic acids is 1. The second-order valence-corrected chi connectivity index (χ2v) is 7.03. The highest BCUT2D eigenvalue weighted by Gasteiger charge is 2.51. The molecule has 0 saturated carbocycles. The minimum absolute atomic E-state index is 0.0122. The second kappa shape index (κ2) is 5.98. The summed E-state index contributed by atoms with van der Waals surface area (Å²) in [5.74, 6) is -0.773. The number of β-lactam (4-membered cyclic amide) rings is 1. The molecular weight excluding hydrogens is 342 g/mol. The first-order valence-corrected chi connectivity index (χ1v) is 8.62. The van der Waals surface area contributed by atoms with Crippen molar-refractivity contribution in [2.45, 2.75) is 16.6 Å². The van der Waals surface area contributed by atoms with Crippen LogP contribution in [0.25, 0.3) is 0 Å². The van der Waals surface area contributed by atoms with E-state index in [9.17, 15) is 19.5 Å². The fourth-order valence-corrected chi connectivity index (χ4v) is 4.70. The summed E-state index contributed by atoms with van der Waals surface area (Å²) in [6, 6.07) is -0.649. The lowest BCUT2D eigenvalue weighted by Crippen LogP contribution is -2.68. The zero-order chi connectivity index (χ0) is 16.7. The molecule has 2 atom stereocenters. The van der Waals surface area contributed by atoms with Gasteiger partial charge in [0.1, 0.15) is 23.3 Å². The molecule has 0 aliphatic carbocycles. The number of rotatable bonds is 4. The number of carboxylic acids is 1. The van der Waals surface area contributed by atoms with E-state index in [1.807, 2.05) is 0 Å². The Hall–Kier alpha value is -1.85. The second-order valence-electron chi connectivity index (χ2n) is 4.98. The van der Waals surface area contributed by atoms with E-state index in [2.05, 4.69) is 10.1 Å². The molecule has 2 aliphatic heterocycles. The quantitative estimate of drug-likeness (QED) is 0.507. The zero-order valence-electron chi connectivity index (χ0n) is 12.0. The molecule has 23 heavy (non-hydrogen) atoms. The molecule has 1 amide bonds. The third-order valence-electron chi connectivity index (χ3n) is 3.49. The summed E-state index contributed by atoms with van der Waals surface area (Å²) < 4.78 is 1.44. The highest BCUT2D eigenvalue weighted by Crippen LogP contribution is 2.40. The summed E-state index contributed by atoms with van der Waals surface area (Å²) >= 11 is 2.64. The van der Waals surface area contributed by atoms with E-state index in [1.54, 1.807) is 7.05 Å². The molecule has 3 rings (SSSR count). The number of hydrogen-bond acceptors (Lipinski definition) is 8. The van der Waals surface area contributed by atoms with Gasteiger partial charge in [0.25, 0.3) is 5.56 Å². The van der Waals surface area contributed by atoms with Gasteiger partial charge in [-0.2, -0.15) is 10.1 Å². The lowest BCUT2D eigenvalue weighted by Gasteiger charge is -2.48. The maximum absolute atomic E-state index is 11.8. The highest BCUT2D eigenvalue weighted by molar-refractivity contribution is 8.01. The van der Waals surface area contributed by atoms with Crippen LogP contribution in [0.5, 0.6) is 0 Å². The molecule has 3 N–H and O–H groups in total. The minimum atomic E-state index is -1.15. The molecule has 2 aliphatic rings. The largest absolute Gasteiger partial charge is 0.477 e. The SMILES string of the molecule is Cn1ncc(=O)nc1SCC1=C(C(=O)O)N2C(=O)[C@@H](N)[C@H]2SC1. The summed E-state index contributed by atoms with van der Waals surface area (Å²) in [4.78, 5) is 39.7. The Balaban J connectivity index is 1.85. The molecule has 3 heterocycles. The van der Waals surface area contributed by atoms with Crippen LogP contribution in [0.15, 0.2) is 27.4 Å². The van der Waals surface area contributed by atoms with Crippen LogP contribution < -0.4 is 11.3 Å². The Labute approximate surface area is 138 Å². The lowest BCUT2D eigenvalue weighted by atomic mass is 10.0. The summed E-state index contributed by atoms with van der Waals surface area (Å²) in [5, 5.41) is 13.4. The maximum atomic E-state index is 11.8. The first-order valence-electron chi connectivity index (χ1n) is 6.59. The predicted molar refractivity (Wildman–Crippen MR) is 83.7 cm³/mol. The van der Waals surface area contributed by atoms with E-state index in [0.717, 1.165) is 6.20 Å². The Bertz CT molecular complexity index is 777. The van der Waals surface area contributed by atoms with Gasteiger partial charge < -0.3 is 10.8 Å². The molecule has 0 spiro atoms. The van der Waals surface area contributed by atoms with Gasteiger partial charge in [-0.25, -0.2) is 9.48 Å². The number of aryl methyl sites for hydroxylation is 1. The third kappa shape index (κ3) is 2.75. The van der Waals surface area contributed by atoms with Crippen molar-refractivity contribution < 1.29 is 14.7 Å². The molecule has 0 radical (unpaired) electrons. The predicted octanol–water partition coefficient (Wildman–Crippen LogP) is -1.15. The van der Waals surface area contributed by atoms with Crippen LogP contribution >= 0.6 is 23.5 Å². The number of amides is 1. The number of hydrogen-bond donors (Lipinski definition) is 2. The Morgan fingerprint density at radius 2 is 2.30 bits per heavy atom. The topological polar surface area (TPSA) is 131 Å². The number of carboxylic acid groups (broad SMARTS) is 1. The number of thioether (sulfide) groups is 2. The monoisotopic (exact) mass is 355 g/mol. The molecule has 122 valence electrons. The molecular formula is C12H13N5O4S2. The minimum Gasteiger partial charge on any atom is -0.477 e. The van der Waals surface area contributed by atoms with Crippen molar-refractivity contribution in [1.29, 1.82) is 0 Å². The van der Waals surface area contributed by atoms with Crippen molar-refractivity contribution >= 4 is 35.4 Å².